The van der Waals surface area contributed by atoms with Gasteiger partial charge in [0.2, 0.25) is 0 Å². The molecule has 0 aromatic heterocycles. The number of Topliss-reactive ketones (excluding diaryl/α,β-unsaturated/α-hetero) is 1. The first kappa shape index (κ1) is 7.63. The normalized spacial score (nSPS) is 13.6. The number of hydrogen-bond acceptors (Lipinski definition) is 1. The maximum absolute atomic E-state index is 10.3. The summed E-state index contributed by atoms with van der Waals surface area (Å²) in [6.07, 6.45) is 0. The highest BCUT2D eigenvalue weighted by atomic mass is 79.9. The zero-order valence-corrected chi connectivity index (χ0v) is 7.12. The molecule has 0 aliphatic carbocycles. The number of carbonyl (C=O) groups is 1. The molecule has 0 aromatic rings. The van der Waals surface area contributed by atoms with Crippen LogP contribution in [-0.2, 0) is 4.79 Å². The minimum absolute atomic E-state index is 0.00694. The lowest BCUT2D eigenvalue weighted by molar-refractivity contribution is -0.116. The van der Waals surface area contributed by atoms with Crippen molar-refractivity contribution in [1.82, 2.24) is 0 Å². The molecule has 0 amide bonds. The van der Waals surface area contributed by atoms with E-state index < -0.39 is 0 Å². The zero-order chi connectivity index (χ0) is 5.86. The van der Waals surface area contributed by atoms with Gasteiger partial charge in [-0.25, -0.2) is 0 Å². The maximum Gasteiger partial charge on any atom is 0.144 e. The number of rotatable bonds is 2. The summed E-state index contributed by atoms with van der Waals surface area (Å²) < 4.78 is 0. The van der Waals surface area contributed by atoms with Gasteiger partial charge in [-0.1, -0.05) is 31.9 Å². The summed E-state index contributed by atoms with van der Waals surface area (Å²) in [6.45, 7) is 1.56. The lowest BCUT2D eigenvalue weighted by Crippen LogP contribution is -2.09. The van der Waals surface area contributed by atoms with E-state index in [4.69, 9.17) is 0 Å². The topological polar surface area (TPSA) is 17.1 Å². The van der Waals surface area contributed by atoms with Crippen molar-refractivity contribution < 1.29 is 4.79 Å². The van der Waals surface area contributed by atoms with Gasteiger partial charge in [-0.3, -0.25) is 4.79 Å². The van der Waals surface area contributed by atoms with Gasteiger partial charge in [0.15, 0.2) is 0 Å². The Labute approximate surface area is 59.7 Å². The molecule has 0 unspecified atom stereocenters. The van der Waals surface area contributed by atoms with E-state index in [2.05, 4.69) is 31.9 Å². The highest BCUT2D eigenvalue weighted by molar-refractivity contribution is 9.12. The number of alkyl halides is 2. The number of halogens is 2. The molecule has 3 heteroatoms. The van der Waals surface area contributed by atoms with Crippen molar-refractivity contribution in [1.29, 1.82) is 0 Å². The minimum Gasteiger partial charge on any atom is -0.299 e. The smallest absolute Gasteiger partial charge is 0.144 e. The van der Waals surface area contributed by atoms with E-state index in [0.717, 1.165) is 0 Å². The fourth-order valence-corrected chi connectivity index (χ4v) is 0.565. The van der Waals surface area contributed by atoms with Crippen LogP contribution in [0.4, 0.5) is 0 Å². The molecule has 0 heterocycles. The Morgan fingerprint density at radius 1 is 1.86 bits per heavy atom. The Morgan fingerprint density at radius 2 is 2.29 bits per heavy atom. The Bertz CT molecular complexity index is 72.1. The van der Waals surface area contributed by atoms with Crippen LogP contribution in [0.15, 0.2) is 0 Å². The van der Waals surface area contributed by atoms with Crippen LogP contribution in [0.5, 0.6) is 0 Å². The van der Waals surface area contributed by atoms with Crippen LogP contribution in [-0.4, -0.2) is 15.9 Å². The van der Waals surface area contributed by atoms with Gasteiger partial charge in [0, 0.05) is 5.33 Å². The van der Waals surface area contributed by atoms with E-state index in [1.54, 1.807) is 6.92 Å². The second-order valence-corrected chi connectivity index (χ2v) is 2.99. The molecule has 0 rings (SSSR count). The first-order valence-corrected chi connectivity index (χ1v) is 3.92. The average molecular weight is 230 g/mol. The third-order valence-corrected chi connectivity index (χ3v) is 3.06. The second-order valence-electron chi connectivity index (χ2n) is 1.23. The summed E-state index contributed by atoms with van der Waals surface area (Å²) in [6, 6.07) is 0. The molecule has 0 bridgehead atoms. The molecular formula is C4H6Br2O. The van der Waals surface area contributed by atoms with E-state index in [9.17, 15) is 4.79 Å². The first-order valence-electron chi connectivity index (χ1n) is 1.89. The number of ketones is 1. The predicted octanol–water partition coefficient (Wildman–Crippen LogP) is 1.73. The van der Waals surface area contributed by atoms with Gasteiger partial charge in [-0.15, -0.1) is 0 Å². The van der Waals surface area contributed by atoms with E-state index in [1.807, 2.05) is 0 Å². The van der Waals surface area contributed by atoms with Crippen LogP contribution >= 0.6 is 31.9 Å². The third-order valence-electron chi connectivity index (χ3n) is 0.577. The molecule has 0 spiro atoms. The molecule has 0 saturated carbocycles. The van der Waals surface area contributed by atoms with E-state index in [-0.39, 0.29) is 10.6 Å². The van der Waals surface area contributed by atoms with E-state index in [0.29, 0.717) is 5.33 Å². The first-order chi connectivity index (χ1) is 3.18. The Hall–Kier alpha value is 0.630. The quantitative estimate of drug-likeness (QED) is 0.660. The fraction of sp³-hybridized carbons (Fsp3) is 0.750. The third kappa shape index (κ3) is 3.23. The van der Waals surface area contributed by atoms with Gasteiger partial charge in [-0.05, 0) is 6.92 Å². The van der Waals surface area contributed by atoms with Crippen LogP contribution in [0.1, 0.15) is 6.92 Å². The van der Waals surface area contributed by atoms with Gasteiger partial charge in [0.25, 0.3) is 0 Å². The standard InChI is InChI=1S/C4H6Br2O/c1-3(7)4(6)2-5/h4H,2H2,1H3/t4-/m1/s1. The van der Waals surface area contributed by atoms with Crippen molar-refractivity contribution in [3.63, 3.8) is 0 Å². The molecule has 0 radical (unpaired) electrons. The fourth-order valence-electron chi connectivity index (χ4n) is 0.109. The number of hydrogen-bond donors (Lipinski definition) is 0. The van der Waals surface area contributed by atoms with Gasteiger partial charge in [-0.2, -0.15) is 0 Å². The van der Waals surface area contributed by atoms with Gasteiger partial charge >= 0.3 is 0 Å². The molecule has 0 saturated heterocycles. The van der Waals surface area contributed by atoms with Crippen molar-refractivity contribution in [3.8, 4) is 0 Å². The lowest BCUT2D eigenvalue weighted by Gasteiger charge is -1.94. The Balaban J connectivity index is 3.34. The number of carbonyl (C=O) groups excluding carboxylic acids is 1. The van der Waals surface area contributed by atoms with Crippen molar-refractivity contribution in [2.75, 3.05) is 5.33 Å². The van der Waals surface area contributed by atoms with E-state index >= 15 is 0 Å². The molecule has 0 aromatic carbocycles. The Morgan fingerprint density at radius 3 is 2.29 bits per heavy atom. The SMILES string of the molecule is CC(=O)[C@H](Br)CBr. The van der Waals surface area contributed by atoms with Crippen molar-refractivity contribution >= 4 is 37.6 Å². The summed E-state index contributed by atoms with van der Waals surface area (Å²) >= 11 is 6.29. The van der Waals surface area contributed by atoms with Crippen LogP contribution in [0.25, 0.3) is 0 Å². The maximum atomic E-state index is 10.3. The van der Waals surface area contributed by atoms with Crippen molar-refractivity contribution in [2.24, 2.45) is 0 Å². The van der Waals surface area contributed by atoms with Gasteiger partial charge in [0.05, 0.1) is 4.83 Å². The molecule has 0 N–H and O–H groups in total. The van der Waals surface area contributed by atoms with Crippen molar-refractivity contribution in [2.45, 2.75) is 11.8 Å². The summed E-state index contributed by atoms with van der Waals surface area (Å²) in [7, 11) is 0. The minimum atomic E-state index is -0.00694. The summed E-state index contributed by atoms with van der Waals surface area (Å²) in [5.74, 6) is 0.164. The van der Waals surface area contributed by atoms with Gasteiger partial charge < -0.3 is 0 Å². The molecule has 0 fully saturated rings. The molecule has 42 valence electrons. The highest BCUT2D eigenvalue weighted by Crippen LogP contribution is 2.03. The molecule has 1 nitrogen and oxygen atoms in total. The van der Waals surface area contributed by atoms with E-state index in [1.165, 1.54) is 0 Å². The predicted molar refractivity (Wildman–Crippen MR) is 37.2 cm³/mol. The average Bonchev–Trinajstić information content (AvgIpc) is 1.65. The largest absolute Gasteiger partial charge is 0.299 e. The molecule has 0 aliphatic heterocycles. The van der Waals surface area contributed by atoms with Crippen LogP contribution in [0.2, 0.25) is 0 Å². The molecule has 0 aliphatic rings. The summed E-state index contributed by atoms with van der Waals surface area (Å²) in [5, 5.41) is 0.697. The highest BCUT2D eigenvalue weighted by Gasteiger charge is 2.04. The van der Waals surface area contributed by atoms with Crippen LogP contribution in [0, 0.1) is 0 Å². The summed E-state index contributed by atoms with van der Waals surface area (Å²) in [4.78, 5) is 10.3. The Kier molecular flexibility index (Phi) is 3.93. The monoisotopic (exact) mass is 228 g/mol. The second kappa shape index (κ2) is 3.61. The van der Waals surface area contributed by atoms with Crippen molar-refractivity contribution in [3.05, 3.63) is 0 Å². The van der Waals surface area contributed by atoms with Crippen LogP contribution < -0.4 is 0 Å². The lowest BCUT2D eigenvalue weighted by atomic mass is 10.4. The molecular weight excluding hydrogens is 224 g/mol. The summed E-state index contributed by atoms with van der Waals surface area (Å²) in [5.41, 5.74) is 0. The molecule has 1 atom stereocenters. The van der Waals surface area contributed by atoms with Crippen LogP contribution in [0.3, 0.4) is 0 Å². The molecule has 7 heavy (non-hydrogen) atoms. The van der Waals surface area contributed by atoms with Gasteiger partial charge in [0.1, 0.15) is 5.78 Å². The zero-order valence-electron chi connectivity index (χ0n) is 3.95.